The number of unbranched alkanes of at least 4 members (excludes halogenated alkanes) is 7. The first-order valence-corrected chi connectivity index (χ1v) is 7.93. The highest BCUT2D eigenvalue weighted by molar-refractivity contribution is 4.91. The molecule has 0 saturated heterocycles. The predicted octanol–water partition coefficient (Wildman–Crippen LogP) is 4.89. The minimum absolute atomic E-state index is 0.474. The molecule has 1 atom stereocenters. The van der Waals surface area contributed by atoms with Gasteiger partial charge in [0.25, 0.3) is 0 Å². The van der Waals surface area contributed by atoms with Gasteiger partial charge < -0.3 is 5.73 Å². The number of hydrogen-bond donors (Lipinski definition) is 1. The average molecular weight is 239 g/mol. The van der Waals surface area contributed by atoms with Gasteiger partial charge in [0.15, 0.2) is 0 Å². The van der Waals surface area contributed by atoms with Gasteiger partial charge in [-0.15, -0.1) is 0 Å². The minimum Gasteiger partial charge on any atom is -0.330 e. The third-order valence-electron chi connectivity index (χ3n) is 4.63. The van der Waals surface area contributed by atoms with Crippen LogP contribution in [0.4, 0.5) is 0 Å². The van der Waals surface area contributed by atoms with Crippen molar-refractivity contribution in [2.24, 2.45) is 17.1 Å². The molecule has 1 aliphatic rings. The molecule has 1 saturated carbocycles. The second kappa shape index (κ2) is 8.13. The Morgan fingerprint density at radius 3 is 1.94 bits per heavy atom. The smallest absolute Gasteiger partial charge is 0.00205 e. The molecule has 1 unspecified atom stereocenters. The Labute approximate surface area is 109 Å². The second-order valence-electron chi connectivity index (χ2n) is 6.36. The van der Waals surface area contributed by atoms with Crippen LogP contribution in [0.25, 0.3) is 0 Å². The molecule has 0 aromatic rings. The van der Waals surface area contributed by atoms with E-state index >= 15 is 0 Å². The largest absolute Gasteiger partial charge is 0.330 e. The zero-order valence-electron chi connectivity index (χ0n) is 12.1. The fourth-order valence-corrected chi connectivity index (χ4v) is 2.92. The maximum atomic E-state index is 5.94. The summed E-state index contributed by atoms with van der Waals surface area (Å²) in [4.78, 5) is 0. The summed E-state index contributed by atoms with van der Waals surface area (Å²) in [6, 6.07) is 0. The molecule has 2 N–H and O–H groups in total. The quantitative estimate of drug-likeness (QED) is 0.510. The molecule has 102 valence electrons. The highest BCUT2D eigenvalue weighted by Gasteiger charge is 2.39. The van der Waals surface area contributed by atoms with Gasteiger partial charge in [0.05, 0.1) is 0 Å². The highest BCUT2D eigenvalue weighted by atomic mass is 14.6. The first-order valence-electron chi connectivity index (χ1n) is 7.93. The van der Waals surface area contributed by atoms with Crippen LogP contribution in [0, 0.1) is 11.3 Å². The third-order valence-corrected chi connectivity index (χ3v) is 4.63. The van der Waals surface area contributed by atoms with E-state index in [4.69, 9.17) is 5.73 Å². The van der Waals surface area contributed by atoms with Crippen LogP contribution in [0.2, 0.25) is 0 Å². The molecule has 0 aromatic heterocycles. The number of nitrogens with two attached hydrogens (primary N) is 1. The Morgan fingerprint density at radius 2 is 1.47 bits per heavy atom. The van der Waals surface area contributed by atoms with Crippen molar-refractivity contribution in [1.29, 1.82) is 0 Å². The Bertz CT molecular complexity index is 186. The van der Waals surface area contributed by atoms with E-state index in [-0.39, 0.29) is 0 Å². The zero-order valence-corrected chi connectivity index (χ0v) is 12.1. The summed E-state index contributed by atoms with van der Waals surface area (Å²) in [6.07, 6.45) is 15.6. The van der Waals surface area contributed by atoms with Crippen molar-refractivity contribution in [3.63, 3.8) is 0 Å². The summed E-state index contributed by atoms with van der Waals surface area (Å²) in [7, 11) is 0. The SMILES string of the molecule is CCCCCCCCCCC(C)(CN)C1CC1. The molecule has 0 radical (unpaired) electrons. The van der Waals surface area contributed by atoms with Gasteiger partial charge in [0.1, 0.15) is 0 Å². The van der Waals surface area contributed by atoms with Crippen molar-refractivity contribution in [2.45, 2.75) is 84.5 Å². The summed E-state index contributed by atoms with van der Waals surface area (Å²) in [5.41, 5.74) is 6.42. The van der Waals surface area contributed by atoms with Crippen molar-refractivity contribution in [3.8, 4) is 0 Å². The monoisotopic (exact) mass is 239 g/mol. The molecule has 1 rings (SSSR count). The van der Waals surface area contributed by atoms with Gasteiger partial charge in [-0.3, -0.25) is 0 Å². The van der Waals surface area contributed by atoms with Crippen molar-refractivity contribution >= 4 is 0 Å². The van der Waals surface area contributed by atoms with E-state index < -0.39 is 0 Å². The molecule has 0 aliphatic heterocycles. The molecule has 17 heavy (non-hydrogen) atoms. The molecular formula is C16H33N. The fraction of sp³-hybridized carbons (Fsp3) is 1.00. The van der Waals surface area contributed by atoms with Crippen LogP contribution in [0.1, 0.15) is 84.5 Å². The van der Waals surface area contributed by atoms with Crippen molar-refractivity contribution in [3.05, 3.63) is 0 Å². The number of rotatable bonds is 11. The zero-order chi connectivity index (χ0) is 12.6. The third kappa shape index (κ3) is 5.90. The van der Waals surface area contributed by atoms with Crippen LogP contribution in [-0.2, 0) is 0 Å². The maximum Gasteiger partial charge on any atom is -0.00205 e. The first kappa shape index (κ1) is 15.0. The van der Waals surface area contributed by atoms with E-state index in [9.17, 15) is 0 Å². The standard InChI is InChI=1S/C16H33N/c1-3-4-5-6-7-8-9-10-13-16(2,14-17)15-11-12-15/h15H,3-14,17H2,1-2H3. The van der Waals surface area contributed by atoms with Crippen LogP contribution in [0.3, 0.4) is 0 Å². The molecule has 0 bridgehead atoms. The molecule has 0 aromatic carbocycles. The van der Waals surface area contributed by atoms with Gasteiger partial charge in [-0.2, -0.15) is 0 Å². The topological polar surface area (TPSA) is 26.0 Å². The molecule has 0 spiro atoms. The van der Waals surface area contributed by atoms with E-state index in [0.29, 0.717) is 5.41 Å². The summed E-state index contributed by atoms with van der Waals surface area (Å²) in [5.74, 6) is 0.956. The van der Waals surface area contributed by atoms with Crippen molar-refractivity contribution < 1.29 is 0 Å². The van der Waals surface area contributed by atoms with Gasteiger partial charge >= 0.3 is 0 Å². The molecule has 1 aliphatic carbocycles. The summed E-state index contributed by atoms with van der Waals surface area (Å²) < 4.78 is 0. The summed E-state index contributed by atoms with van der Waals surface area (Å²) in [6.45, 7) is 5.59. The highest BCUT2D eigenvalue weighted by Crippen LogP contribution is 2.47. The number of hydrogen-bond acceptors (Lipinski definition) is 1. The molecule has 1 fully saturated rings. The first-order chi connectivity index (χ1) is 8.23. The fourth-order valence-electron chi connectivity index (χ4n) is 2.92. The normalized spacial score (nSPS) is 19.2. The van der Waals surface area contributed by atoms with Crippen LogP contribution < -0.4 is 5.73 Å². The van der Waals surface area contributed by atoms with Gasteiger partial charge in [-0.05, 0) is 37.1 Å². The van der Waals surface area contributed by atoms with Crippen molar-refractivity contribution in [1.82, 2.24) is 0 Å². The summed E-state index contributed by atoms with van der Waals surface area (Å²) in [5, 5.41) is 0. The van der Waals surface area contributed by atoms with Gasteiger partial charge in [0.2, 0.25) is 0 Å². The lowest BCUT2D eigenvalue weighted by Crippen LogP contribution is -2.29. The lowest BCUT2D eigenvalue weighted by Gasteiger charge is -2.28. The molecule has 0 amide bonds. The van der Waals surface area contributed by atoms with Crippen LogP contribution in [0.15, 0.2) is 0 Å². The van der Waals surface area contributed by atoms with E-state index in [0.717, 1.165) is 12.5 Å². The Morgan fingerprint density at radius 1 is 0.941 bits per heavy atom. The van der Waals surface area contributed by atoms with Gasteiger partial charge in [-0.25, -0.2) is 0 Å². The molecular weight excluding hydrogens is 206 g/mol. The average Bonchev–Trinajstić information content (AvgIpc) is 3.16. The van der Waals surface area contributed by atoms with Crippen LogP contribution >= 0.6 is 0 Å². The summed E-state index contributed by atoms with van der Waals surface area (Å²) >= 11 is 0. The van der Waals surface area contributed by atoms with Gasteiger partial charge in [-0.1, -0.05) is 65.2 Å². The lowest BCUT2D eigenvalue weighted by molar-refractivity contribution is 0.249. The van der Waals surface area contributed by atoms with Crippen LogP contribution in [0.5, 0.6) is 0 Å². The van der Waals surface area contributed by atoms with E-state index in [2.05, 4.69) is 13.8 Å². The Hall–Kier alpha value is -0.0400. The predicted molar refractivity (Wildman–Crippen MR) is 77.1 cm³/mol. The molecule has 0 heterocycles. The Kier molecular flexibility index (Phi) is 7.18. The molecule has 1 heteroatoms. The van der Waals surface area contributed by atoms with E-state index in [1.54, 1.807) is 0 Å². The minimum atomic E-state index is 0.474. The Balaban J connectivity index is 1.92. The van der Waals surface area contributed by atoms with Crippen molar-refractivity contribution in [2.75, 3.05) is 6.54 Å². The second-order valence-corrected chi connectivity index (χ2v) is 6.36. The van der Waals surface area contributed by atoms with Crippen LogP contribution in [-0.4, -0.2) is 6.54 Å². The van der Waals surface area contributed by atoms with E-state index in [1.807, 2.05) is 0 Å². The lowest BCUT2D eigenvalue weighted by atomic mass is 9.80. The molecule has 1 nitrogen and oxygen atoms in total. The van der Waals surface area contributed by atoms with Gasteiger partial charge in [0, 0.05) is 0 Å². The maximum absolute atomic E-state index is 5.94. The van der Waals surface area contributed by atoms with E-state index in [1.165, 1.54) is 70.6 Å².